The lowest BCUT2D eigenvalue weighted by molar-refractivity contribution is -0.140. The number of nitrogens with zero attached hydrogens (tertiary/aromatic N) is 4. The molecule has 25 heavy (non-hydrogen) atoms. The van der Waals surface area contributed by atoms with Gasteiger partial charge >= 0.3 is 0 Å². The number of piperazine rings is 1. The third-order valence-electron chi connectivity index (χ3n) is 5.58. The molecule has 0 aliphatic carbocycles. The van der Waals surface area contributed by atoms with Gasteiger partial charge in [-0.1, -0.05) is 0 Å². The van der Waals surface area contributed by atoms with E-state index in [1.807, 2.05) is 20.5 Å². The number of fused-ring (bicyclic) bond motifs is 1. The number of hydrogen-bond donors (Lipinski definition) is 0. The van der Waals surface area contributed by atoms with Crippen LogP contribution in [0.25, 0.3) is 0 Å². The van der Waals surface area contributed by atoms with Crippen molar-refractivity contribution in [1.29, 1.82) is 0 Å². The Morgan fingerprint density at radius 2 is 1.72 bits per heavy atom. The molecule has 2 fully saturated rings. The van der Waals surface area contributed by atoms with Crippen LogP contribution in [0.15, 0.2) is 6.07 Å². The zero-order valence-electron chi connectivity index (χ0n) is 14.7. The molecule has 136 valence electrons. The van der Waals surface area contributed by atoms with Crippen LogP contribution in [0.3, 0.4) is 0 Å². The van der Waals surface area contributed by atoms with Gasteiger partial charge < -0.3 is 14.5 Å². The van der Waals surface area contributed by atoms with Crippen molar-refractivity contribution in [2.45, 2.75) is 38.6 Å². The van der Waals surface area contributed by atoms with E-state index in [0.717, 1.165) is 32.2 Å². The van der Waals surface area contributed by atoms with Crippen molar-refractivity contribution in [1.82, 2.24) is 19.6 Å². The lowest BCUT2D eigenvalue weighted by Gasteiger charge is -2.36. The van der Waals surface area contributed by atoms with Crippen molar-refractivity contribution in [3.8, 4) is 0 Å². The number of rotatable bonds is 2. The lowest BCUT2D eigenvalue weighted by atomic mass is 9.98. The summed E-state index contributed by atoms with van der Waals surface area (Å²) in [6, 6.07) is 1.95. The third-order valence-corrected chi connectivity index (χ3v) is 5.58. The highest BCUT2D eigenvalue weighted by atomic mass is 16.5. The van der Waals surface area contributed by atoms with Gasteiger partial charge in [-0.15, -0.1) is 0 Å². The summed E-state index contributed by atoms with van der Waals surface area (Å²) in [6.45, 7) is 4.70. The summed E-state index contributed by atoms with van der Waals surface area (Å²) >= 11 is 0. The molecule has 0 unspecified atom stereocenters. The molecule has 2 amide bonds. The van der Waals surface area contributed by atoms with Crippen LogP contribution < -0.4 is 0 Å². The van der Waals surface area contributed by atoms with Gasteiger partial charge in [0, 0.05) is 57.5 Å². The predicted octanol–water partition coefficient (Wildman–Crippen LogP) is 0.930. The van der Waals surface area contributed by atoms with E-state index in [-0.39, 0.29) is 17.7 Å². The van der Waals surface area contributed by atoms with Crippen molar-refractivity contribution in [3.63, 3.8) is 0 Å². The summed E-state index contributed by atoms with van der Waals surface area (Å²) in [5.74, 6) is 0.323. The first-order chi connectivity index (χ1) is 12.2. The zero-order chi connectivity index (χ0) is 17.2. The van der Waals surface area contributed by atoms with Gasteiger partial charge in [-0.2, -0.15) is 5.10 Å². The molecule has 1 aromatic rings. The third kappa shape index (κ3) is 3.42. The molecule has 7 heteroatoms. The maximum absolute atomic E-state index is 12.7. The Morgan fingerprint density at radius 3 is 2.44 bits per heavy atom. The molecule has 4 rings (SSSR count). The minimum absolute atomic E-state index is 0.0000605. The molecule has 1 aromatic heterocycles. The second-order valence-corrected chi connectivity index (χ2v) is 7.21. The van der Waals surface area contributed by atoms with Gasteiger partial charge in [0.15, 0.2) is 5.69 Å². The van der Waals surface area contributed by atoms with Crippen molar-refractivity contribution in [2.24, 2.45) is 5.92 Å². The molecular weight excluding hydrogens is 320 g/mol. The predicted molar refractivity (Wildman–Crippen MR) is 91.2 cm³/mol. The number of amides is 2. The van der Waals surface area contributed by atoms with Gasteiger partial charge in [0.2, 0.25) is 5.91 Å². The standard InChI is InChI=1S/C18H26N4O3/c23-17(14-4-11-25-12-5-14)20-7-9-21(10-8-20)18(24)16-13-15-3-1-2-6-22(15)19-16/h13-14H,1-12H2. The summed E-state index contributed by atoms with van der Waals surface area (Å²) in [4.78, 5) is 29.1. The number of hydrogen-bond acceptors (Lipinski definition) is 4. The van der Waals surface area contributed by atoms with Crippen LogP contribution in [0.1, 0.15) is 41.9 Å². The number of aryl methyl sites for hydroxylation is 2. The van der Waals surface area contributed by atoms with Gasteiger partial charge in [0.1, 0.15) is 0 Å². The van der Waals surface area contributed by atoms with E-state index in [1.54, 1.807) is 0 Å². The molecule has 0 atom stereocenters. The Bertz CT molecular complexity index is 619. The fourth-order valence-corrected chi connectivity index (χ4v) is 4.02. The van der Waals surface area contributed by atoms with Crippen LogP contribution in [-0.4, -0.2) is 70.8 Å². The molecule has 0 bridgehead atoms. The molecule has 3 aliphatic rings. The molecule has 2 saturated heterocycles. The van der Waals surface area contributed by atoms with E-state index in [9.17, 15) is 9.59 Å². The highest BCUT2D eigenvalue weighted by molar-refractivity contribution is 5.92. The average molecular weight is 346 g/mol. The topological polar surface area (TPSA) is 67.7 Å². The highest BCUT2D eigenvalue weighted by Crippen LogP contribution is 2.20. The molecular formula is C18H26N4O3. The minimum atomic E-state index is 0.0000605. The number of carbonyl (C=O) groups is 2. The maximum atomic E-state index is 12.7. The van der Waals surface area contributed by atoms with Crippen LogP contribution in [0.5, 0.6) is 0 Å². The maximum Gasteiger partial charge on any atom is 0.274 e. The SMILES string of the molecule is O=C(c1cc2n(n1)CCCC2)N1CCN(C(=O)C2CCOCC2)CC1. The molecule has 4 heterocycles. The van der Waals surface area contributed by atoms with Crippen molar-refractivity contribution < 1.29 is 14.3 Å². The fraction of sp³-hybridized carbons (Fsp3) is 0.722. The second-order valence-electron chi connectivity index (χ2n) is 7.21. The van der Waals surface area contributed by atoms with E-state index >= 15 is 0 Å². The summed E-state index contributed by atoms with van der Waals surface area (Å²) in [6.07, 6.45) is 4.95. The smallest absolute Gasteiger partial charge is 0.274 e. The van der Waals surface area contributed by atoms with E-state index in [1.165, 1.54) is 12.1 Å². The van der Waals surface area contributed by atoms with Crippen molar-refractivity contribution >= 4 is 11.8 Å². The Morgan fingerprint density at radius 1 is 1.00 bits per heavy atom. The molecule has 0 radical (unpaired) electrons. The van der Waals surface area contributed by atoms with E-state index < -0.39 is 0 Å². The first-order valence-electron chi connectivity index (χ1n) is 9.45. The molecule has 0 aromatic carbocycles. The normalized spacial score (nSPS) is 21.9. The van der Waals surface area contributed by atoms with Crippen LogP contribution in [0, 0.1) is 5.92 Å². The van der Waals surface area contributed by atoms with E-state index in [4.69, 9.17) is 4.74 Å². The average Bonchev–Trinajstić information content (AvgIpc) is 3.12. The lowest BCUT2D eigenvalue weighted by Crippen LogP contribution is -2.52. The number of carbonyl (C=O) groups excluding carboxylic acids is 2. The van der Waals surface area contributed by atoms with Crippen molar-refractivity contribution in [2.75, 3.05) is 39.4 Å². The Balaban J connectivity index is 1.34. The molecule has 0 N–H and O–H groups in total. The number of aromatic nitrogens is 2. The van der Waals surface area contributed by atoms with E-state index in [0.29, 0.717) is 45.1 Å². The quantitative estimate of drug-likeness (QED) is 0.799. The molecule has 3 aliphatic heterocycles. The summed E-state index contributed by atoms with van der Waals surface area (Å²) in [7, 11) is 0. The first kappa shape index (κ1) is 16.6. The Hall–Kier alpha value is -1.89. The summed E-state index contributed by atoms with van der Waals surface area (Å²) < 4.78 is 7.31. The van der Waals surface area contributed by atoms with Crippen LogP contribution >= 0.6 is 0 Å². The van der Waals surface area contributed by atoms with Crippen LogP contribution in [0.2, 0.25) is 0 Å². The zero-order valence-corrected chi connectivity index (χ0v) is 14.7. The monoisotopic (exact) mass is 346 g/mol. The number of ether oxygens (including phenoxy) is 1. The fourth-order valence-electron chi connectivity index (χ4n) is 4.02. The van der Waals surface area contributed by atoms with Gasteiger partial charge in [-0.25, -0.2) is 0 Å². The van der Waals surface area contributed by atoms with Crippen LogP contribution in [-0.2, 0) is 22.5 Å². The van der Waals surface area contributed by atoms with Gasteiger partial charge in [-0.05, 0) is 38.2 Å². The second kappa shape index (κ2) is 7.15. The molecule has 0 saturated carbocycles. The summed E-state index contributed by atoms with van der Waals surface area (Å²) in [5, 5.41) is 4.48. The summed E-state index contributed by atoms with van der Waals surface area (Å²) in [5.41, 5.74) is 1.73. The largest absolute Gasteiger partial charge is 0.381 e. The Labute approximate surface area is 147 Å². The van der Waals surface area contributed by atoms with Gasteiger partial charge in [-0.3, -0.25) is 14.3 Å². The van der Waals surface area contributed by atoms with Crippen molar-refractivity contribution in [3.05, 3.63) is 17.5 Å². The van der Waals surface area contributed by atoms with E-state index in [2.05, 4.69) is 5.10 Å². The van der Waals surface area contributed by atoms with Gasteiger partial charge in [0.25, 0.3) is 5.91 Å². The highest BCUT2D eigenvalue weighted by Gasteiger charge is 2.31. The van der Waals surface area contributed by atoms with Crippen LogP contribution in [0.4, 0.5) is 0 Å². The first-order valence-corrected chi connectivity index (χ1v) is 9.45. The Kier molecular flexibility index (Phi) is 4.74. The van der Waals surface area contributed by atoms with Gasteiger partial charge in [0.05, 0.1) is 0 Å². The molecule has 0 spiro atoms. The molecule has 7 nitrogen and oxygen atoms in total. The minimum Gasteiger partial charge on any atom is -0.381 e.